The van der Waals surface area contributed by atoms with Crippen LogP contribution in [0.3, 0.4) is 0 Å². The van der Waals surface area contributed by atoms with Gasteiger partial charge in [0.25, 0.3) is 0 Å². The SMILES string of the molecule is O=C(O)c1nc(COc2cccc3ccccc23)cs1. The molecule has 0 atom stereocenters. The van der Waals surface area contributed by atoms with Gasteiger partial charge in [0.1, 0.15) is 12.4 Å². The Morgan fingerprint density at radius 2 is 2.00 bits per heavy atom. The lowest BCUT2D eigenvalue weighted by atomic mass is 10.1. The second kappa shape index (κ2) is 5.30. The largest absolute Gasteiger partial charge is 0.487 e. The normalized spacial score (nSPS) is 10.6. The summed E-state index contributed by atoms with van der Waals surface area (Å²) >= 11 is 1.11. The van der Waals surface area contributed by atoms with Crippen LogP contribution in [0.2, 0.25) is 0 Å². The van der Waals surface area contributed by atoms with E-state index in [4.69, 9.17) is 9.84 Å². The predicted octanol–water partition coefficient (Wildman–Crippen LogP) is 3.57. The Bertz CT molecular complexity index is 761. The number of thiazole rings is 1. The van der Waals surface area contributed by atoms with Crippen LogP contribution in [0.1, 0.15) is 15.5 Å². The molecule has 5 heteroatoms. The summed E-state index contributed by atoms with van der Waals surface area (Å²) in [6.45, 7) is 0.262. The monoisotopic (exact) mass is 285 g/mol. The van der Waals surface area contributed by atoms with E-state index >= 15 is 0 Å². The molecule has 20 heavy (non-hydrogen) atoms. The Labute approximate surface area is 119 Å². The third kappa shape index (κ3) is 2.48. The molecule has 0 saturated carbocycles. The summed E-state index contributed by atoms with van der Waals surface area (Å²) in [6, 6.07) is 13.8. The fourth-order valence-electron chi connectivity index (χ4n) is 1.94. The van der Waals surface area contributed by atoms with Gasteiger partial charge in [-0.2, -0.15) is 0 Å². The van der Waals surface area contributed by atoms with Gasteiger partial charge in [-0.05, 0) is 11.5 Å². The molecule has 0 unspecified atom stereocenters. The van der Waals surface area contributed by atoms with Gasteiger partial charge in [0.05, 0.1) is 5.69 Å². The van der Waals surface area contributed by atoms with Gasteiger partial charge in [0.2, 0.25) is 5.01 Å². The highest BCUT2D eigenvalue weighted by molar-refractivity contribution is 7.11. The fourth-order valence-corrected chi connectivity index (χ4v) is 2.58. The van der Waals surface area contributed by atoms with E-state index in [-0.39, 0.29) is 11.6 Å². The van der Waals surface area contributed by atoms with E-state index in [1.165, 1.54) is 0 Å². The number of nitrogens with zero attached hydrogens (tertiary/aromatic N) is 1. The molecule has 4 nitrogen and oxygen atoms in total. The van der Waals surface area contributed by atoms with Crippen LogP contribution in [0.5, 0.6) is 5.75 Å². The highest BCUT2D eigenvalue weighted by Gasteiger charge is 2.09. The van der Waals surface area contributed by atoms with Gasteiger partial charge in [0, 0.05) is 10.8 Å². The first-order chi connectivity index (χ1) is 9.74. The van der Waals surface area contributed by atoms with E-state index in [1.54, 1.807) is 5.38 Å². The van der Waals surface area contributed by atoms with E-state index in [9.17, 15) is 4.79 Å². The van der Waals surface area contributed by atoms with Crippen LogP contribution < -0.4 is 4.74 Å². The molecule has 0 aliphatic carbocycles. The van der Waals surface area contributed by atoms with Crippen LogP contribution in [-0.4, -0.2) is 16.1 Å². The minimum atomic E-state index is -1.01. The number of hydrogen-bond donors (Lipinski definition) is 1. The molecular weight excluding hydrogens is 274 g/mol. The Morgan fingerprint density at radius 3 is 2.80 bits per heavy atom. The maximum Gasteiger partial charge on any atom is 0.365 e. The first-order valence-electron chi connectivity index (χ1n) is 6.02. The lowest BCUT2D eigenvalue weighted by Crippen LogP contribution is -1.99. The fraction of sp³-hybridized carbons (Fsp3) is 0.0667. The van der Waals surface area contributed by atoms with E-state index in [0.717, 1.165) is 27.9 Å². The average Bonchev–Trinajstić information content (AvgIpc) is 2.94. The molecule has 100 valence electrons. The Kier molecular flexibility index (Phi) is 3.35. The molecule has 0 amide bonds. The zero-order valence-corrected chi connectivity index (χ0v) is 11.3. The van der Waals surface area contributed by atoms with Gasteiger partial charge in [-0.3, -0.25) is 0 Å². The van der Waals surface area contributed by atoms with Crippen molar-refractivity contribution >= 4 is 28.1 Å². The molecule has 2 aromatic carbocycles. The van der Waals surface area contributed by atoms with Crippen LogP contribution in [-0.2, 0) is 6.61 Å². The van der Waals surface area contributed by atoms with Crippen molar-refractivity contribution in [1.82, 2.24) is 4.98 Å². The zero-order chi connectivity index (χ0) is 13.9. The van der Waals surface area contributed by atoms with Crippen molar-refractivity contribution in [3.63, 3.8) is 0 Å². The van der Waals surface area contributed by atoms with Crippen LogP contribution >= 0.6 is 11.3 Å². The third-order valence-corrected chi connectivity index (χ3v) is 3.74. The second-order valence-electron chi connectivity index (χ2n) is 4.22. The number of benzene rings is 2. The summed E-state index contributed by atoms with van der Waals surface area (Å²) in [6.07, 6.45) is 0. The number of carboxylic acids is 1. The van der Waals surface area contributed by atoms with Crippen LogP contribution in [0.15, 0.2) is 47.8 Å². The number of aromatic nitrogens is 1. The molecule has 0 aliphatic heterocycles. The number of hydrogen-bond acceptors (Lipinski definition) is 4. The van der Waals surface area contributed by atoms with E-state index in [2.05, 4.69) is 4.98 Å². The molecule has 0 aliphatic rings. The number of rotatable bonds is 4. The third-order valence-electron chi connectivity index (χ3n) is 2.86. The standard InChI is InChI=1S/C15H11NO3S/c17-15(18)14-16-11(9-20-14)8-19-13-7-3-5-10-4-1-2-6-12(10)13/h1-7,9H,8H2,(H,17,18). The van der Waals surface area contributed by atoms with Gasteiger partial charge in [0.15, 0.2) is 0 Å². The van der Waals surface area contributed by atoms with Gasteiger partial charge in [-0.25, -0.2) is 9.78 Å². The molecule has 1 heterocycles. The maximum absolute atomic E-state index is 10.8. The van der Waals surface area contributed by atoms with Crippen molar-refractivity contribution in [2.45, 2.75) is 6.61 Å². The highest BCUT2D eigenvalue weighted by Crippen LogP contribution is 2.26. The zero-order valence-electron chi connectivity index (χ0n) is 10.4. The van der Waals surface area contributed by atoms with Crippen molar-refractivity contribution in [1.29, 1.82) is 0 Å². The van der Waals surface area contributed by atoms with E-state index in [0.29, 0.717) is 5.69 Å². The van der Waals surface area contributed by atoms with Crippen LogP contribution in [0.4, 0.5) is 0 Å². The maximum atomic E-state index is 10.8. The molecule has 0 spiro atoms. The smallest absolute Gasteiger partial charge is 0.365 e. The van der Waals surface area contributed by atoms with Crippen molar-refractivity contribution in [3.8, 4) is 5.75 Å². The number of carbonyl (C=O) groups is 1. The number of aromatic carboxylic acids is 1. The summed E-state index contributed by atoms with van der Waals surface area (Å²) in [5, 5.41) is 12.8. The Hall–Kier alpha value is -2.40. The number of ether oxygens (including phenoxy) is 1. The van der Waals surface area contributed by atoms with Crippen molar-refractivity contribution in [2.24, 2.45) is 0 Å². The first kappa shape index (κ1) is 12.6. The van der Waals surface area contributed by atoms with Crippen LogP contribution in [0.25, 0.3) is 10.8 Å². The quantitative estimate of drug-likeness (QED) is 0.796. The molecule has 0 saturated heterocycles. The molecule has 1 aromatic heterocycles. The lowest BCUT2D eigenvalue weighted by molar-refractivity contribution is 0.0696. The first-order valence-corrected chi connectivity index (χ1v) is 6.90. The summed E-state index contributed by atoms with van der Waals surface area (Å²) in [5.74, 6) is -0.237. The highest BCUT2D eigenvalue weighted by atomic mass is 32.1. The van der Waals surface area contributed by atoms with Crippen LogP contribution in [0, 0.1) is 0 Å². The lowest BCUT2D eigenvalue weighted by Gasteiger charge is -2.07. The molecule has 3 rings (SSSR count). The predicted molar refractivity (Wildman–Crippen MR) is 77.4 cm³/mol. The van der Waals surface area contributed by atoms with E-state index in [1.807, 2.05) is 42.5 Å². The topological polar surface area (TPSA) is 59.4 Å². The summed E-state index contributed by atoms with van der Waals surface area (Å²) in [4.78, 5) is 14.8. The van der Waals surface area contributed by atoms with Crippen molar-refractivity contribution < 1.29 is 14.6 Å². The minimum Gasteiger partial charge on any atom is -0.487 e. The molecule has 1 N–H and O–H groups in total. The van der Waals surface area contributed by atoms with Gasteiger partial charge in [-0.15, -0.1) is 11.3 Å². The second-order valence-corrected chi connectivity index (χ2v) is 5.07. The summed E-state index contributed by atoms with van der Waals surface area (Å²) in [7, 11) is 0. The van der Waals surface area contributed by atoms with Crippen molar-refractivity contribution in [3.05, 3.63) is 58.5 Å². The summed E-state index contributed by atoms with van der Waals surface area (Å²) < 4.78 is 5.75. The Morgan fingerprint density at radius 1 is 1.20 bits per heavy atom. The average molecular weight is 285 g/mol. The Balaban J connectivity index is 1.81. The van der Waals surface area contributed by atoms with E-state index < -0.39 is 5.97 Å². The summed E-state index contributed by atoms with van der Waals surface area (Å²) in [5.41, 5.74) is 0.625. The van der Waals surface area contributed by atoms with Gasteiger partial charge < -0.3 is 9.84 Å². The minimum absolute atomic E-state index is 0.0847. The molecule has 0 radical (unpaired) electrons. The van der Waals surface area contributed by atoms with Gasteiger partial charge >= 0.3 is 5.97 Å². The molecule has 0 fully saturated rings. The molecule has 0 bridgehead atoms. The van der Waals surface area contributed by atoms with Gasteiger partial charge in [-0.1, -0.05) is 36.4 Å². The van der Waals surface area contributed by atoms with Crippen molar-refractivity contribution in [2.75, 3.05) is 0 Å². The molecular formula is C15H11NO3S. The number of fused-ring (bicyclic) bond motifs is 1. The number of carboxylic acid groups (broad SMARTS) is 1. The molecule has 3 aromatic rings.